The minimum absolute atomic E-state index is 0.0763. The Kier molecular flexibility index (Phi) is 6.14. The van der Waals surface area contributed by atoms with Crippen LogP contribution in [-0.4, -0.2) is 34.9 Å². The maximum absolute atomic E-state index is 13.1. The predicted octanol–water partition coefficient (Wildman–Crippen LogP) is 2.37. The number of amides is 1. The van der Waals surface area contributed by atoms with Crippen molar-refractivity contribution < 1.29 is 14.4 Å². The maximum Gasteiger partial charge on any atom is 0.254 e. The number of amidine groups is 1. The lowest BCUT2D eigenvalue weighted by atomic mass is 10.1. The highest BCUT2D eigenvalue weighted by Crippen LogP contribution is 2.14. The molecule has 0 spiro atoms. The molecule has 0 fully saturated rings. The summed E-state index contributed by atoms with van der Waals surface area (Å²) in [5.74, 6) is -0.183. The van der Waals surface area contributed by atoms with Gasteiger partial charge in [-0.2, -0.15) is 0 Å². The van der Waals surface area contributed by atoms with E-state index in [1.54, 1.807) is 11.8 Å². The Labute approximate surface area is 124 Å². The van der Waals surface area contributed by atoms with E-state index in [0.29, 0.717) is 24.2 Å². The summed E-state index contributed by atoms with van der Waals surface area (Å²) in [6.45, 7) is 6.61. The first kappa shape index (κ1) is 16.9. The van der Waals surface area contributed by atoms with Gasteiger partial charge in [0, 0.05) is 25.1 Å². The molecule has 21 heavy (non-hydrogen) atoms. The number of carbonyl (C=O) groups is 1. The normalized spacial score (nSPS) is 11.8. The van der Waals surface area contributed by atoms with Crippen molar-refractivity contribution in [2.75, 3.05) is 13.1 Å². The van der Waals surface area contributed by atoms with Crippen LogP contribution in [0.2, 0.25) is 0 Å². The van der Waals surface area contributed by atoms with Crippen LogP contribution in [0.4, 0.5) is 4.39 Å². The number of hydrogen-bond acceptors (Lipinski definition) is 3. The van der Waals surface area contributed by atoms with Crippen molar-refractivity contribution in [1.82, 2.24) is 4.90 Å². The summed E-state index contributed by atoms with van der Waals surface area (Å²) in [5, 5.41) is 11.5. The quantitative estimate of drug-likeness (QED) is 0.366. The summed E-state index contributed by atoms with van der Waals surface area (Å²) in [6, 6.07) is 4.10. The molecule has 0 aliphatic heterocycles. The lowest BCUT2D eigenvalue weighted by molar-refractivity contribution is 0.0739. The van der Waals surface area contributed by atoms with Gasteiger partial charge in [0.15, 0.2) is 0 Å². The maximum atomic E-state index is 13.1. The topological polar surface area (TPSA) is 78.9 Å². The van der Waals surface area contributed by atoms with Crippen molar-refractivity contribution in [3.05, 3.63) is 35.1 Å². The van der Waals surface area contributed by atoms with E-state index in [-0.39, 0.29) is 29.9 Å². The van der Waals surface area contributed by atoms with Gasteiger partial charge in [-0.05, 0) is 36.6 Å². The molecule has 0 unspecified atom stereocenters. The Hall–Kier alpha value is -2.11. The van der Waals surface area contributed by atoms with E-state index in [9.17, 15) is 9.18 Å². The fraction of sp³-hybridized carbons (Fsp3) is 0.467. The van der Waals surface area contributed by atoms with Crippen LogP contribution in [0.5, 0.6) is 0 Å². The van der Waals surface area contributed by atoms with E-state index < -0.39 is 0 Å². The molecule has 0 heterocycles. The number of carbonyl (C=O) groups excluding carboxylic acids is 1. The second kappa shape index (κ2) is 7.61. The van der Waals surface area contributed by atoms with E-state index in [4.69, 9.17) is 10.9 Å². The summed E-state index contributed by atoms with van der Waals surface area (Å²) < 4.78 is 13.1. The molecule has 0 saturated carbocycles. The molecular weight excluding hydrogens is 273 g/mol. The van der Waals surface area contributed by atoms with Gasteiger partial charge in [-0.25, -0.2) is 4.39 Å². The van der Waals surface area contributed by atoms with Gasteiger partial charge >= 0.3 is 0 Å². The van der Waals surface area contributed by atoms with E-state index in [2.05, 4.69) is 5.16 Å². The van der Waals surface area contributed by atoms with E-state index in [0.717, 1.165) is 0 Å². The van der Waals surface area contributed by atoms with Crippen LogP contribution in [0.1, 0.15) is 36.2 Å². The second-order valence-corrected chi connectivity index (χ2v) is 5.45. The third-order valence-corrected chi connectivity index (χ3v) is 3.06. The minimum atomic E-state index is -0.365. The van der Waals surface area contributed by atoms with Crippen molar-refractivity contribution in [3.8, 4) is 0 Å². The van der Waals surface area contributed by atoms with Gasteiger partial charge in [-0.1, -0.05) is 19.0 Å². The van der Waals surface area contributed by atoms with Gasteiger partial charge in [0.2, 0.25) is 0 Å². The second-order valence-electron chi connectivity index (χ2n) is 5.45. The SMILES string of the molecule is Cc1cc(F)ccc1C(=O)N(CC/C(N)=N/O)CC(C)C. The van der Waals surface area contributed by atoms with Gasteiger partial charge in [-0.3, -0.25) is 4.79 Å². The largest absolute Gasteiger partial charge is 0.409 e. The predicted molar refractivity (Wildman–Crippen MR) is 79.9 cm³/mol. The summed E-state index contributed by atoms with van der Waals surface area (Å²) in [4.78, 5) is 14.2. The van der Waals surface area contributed by atoms with Gasteiger partial charge in [0.05, 0.1) is 0 Å². The van der Waals surface area contributed by atoms with E-state index in [1.165, 1.54) is 18.2 Å². The van der Waals surface area contributed by atoms with Crippen molar-refractivity contribution in [2.45, 2.75) is 27.2 Å². The number of nitrogens with zero attached hydrogens (tertiary/aromatic N) is 2. The zero-order valence-corrected chi connectivity index (χ0v) is 12.6. The molecular formula is C15H22FN3O2. The Morgan fingerprint density at radius 1 is 1.48 bits per heavy atom. The molecule has 0 radical (unpaired) electrons. The number of oxime groups is 1. The smallest absolute Gasteiger partial charge is 0.254 e. The third kappa shape index (κ3) is 5.06. The number of benzene rings is 1. The zero-order chi connectivity index (χ0) is 16.0. The number of rotatable bonds is 6. The van der Waals surface area contributed by atoms with Gasteiger partial charge in [0.1, 0.15) is 11.7 Å². The fourth-order valence-corrected chi connectivity index (χ4v) is 2.05. The molecule has 1 aromatic rings. The molecule has 0 aromatic heterocycles. The zero-order valence-electron chi connectivity index (χ0n) is 12.6. The number of hydrogen-bond donors (Lipinski definition) is 2. The number of aryl methyl sites for hydroxylation is 1. The first-order valence-electron chi connectivity index (χ1n) is 6.87. The molecule has 1 aromatic carbocycles. The average molecular weight is 295 g/mol. The van der Waals surface area contributed by atoms with Crippen molar-refractivity contribution >= 4 is 11.7 Å². The van der Waals surface area contributed by atoms with Crippen molar-refractivity contribution in [3.63, 3.8) is 0 Å². The molecule has 0 saturated heterocycles. The fourth-order valence-electron chi connectivity index (χ4n) is 2.05. The van der Waals surface area contributed by atoms with Crippen LogP contribution in [0.25, 0.3) is 0 Å². The van der Waals surface area contributed by atoms with Crippen LogP contribution in [0, 0.1) is 18.7 Å². The minimum Gasteiger partial charge on any atom is -0.409 e. The van der Waals surface area contributed by atoms with E-state index >= 15 is 0 Å². The van der Waals surface area contributed by atoms with Gasteiger partial charge in [0.25, 0.3) is 5.91 Å². The number of nitrogens with two attached hydrogens (primary N) is 1. The van der Waals surface area contributed by atoms with Crippen LogP contribution in [0.15, 0.2) is 23.4 Å². The molecule has 6 heteroatoms. The van der Waals surface area contributed by atoms with Gasteiger partial charge in [-0.15, -0.1) is 0 Å². The highest BCUT2D eigenvalue weighted by atomic mass is 19.1. The lowest BCUT2D eigenvalue weighted by Gasteiger charge is -2.25. The summed E-state index contributed by atoms with van der Waals surface area (Å²) >= 11 is 0. The highest BCUT2D eigenvalue weighted by Gasteiger charge is 2.19. The standard InChI is InChI=1S/C15H22FN3O2/c1-10(2)9-19(7-6-14(17)18-21)15(20)13-5-4-12(16)8-11(13)3/h4-5,8,10,21H,6-7,9H2,1-3H3,(H2,17,18). The molecule has 0 bridgehead atoms. The Morgan fingerprint density at radius 3 is 2.67 bits per heavy atom. The Morgan fingerprint density at radius 2 is 2.14 bits per heavy atom. The van der Waals surface area contributed by atoms with Crippen LogP contribution in [-0.2, 0) is 0 Å². The molecule has 0 aliphatic rings. The molecule has 3 N–H and O–H groups in total. The monoisotopic (exact) mass is 295 g/mol. The molecule has 1 amide bonds. The third-order valence-electron chi connectivity index (χ3n) is 3.06. The lowest BCUT2D eigenvalue weighted by Crippen LogP contribution is -2.37. The highest BCUT2D eigenvalue weighted by molar-refractivity contribution is 5.96. The van der Waals surface area contributed by atoms with Crippen molar-refractivity contribution in [2.24, 2.45) is 16.8 Å². The van der Waals surface area contributed by atoms with Crippen LogP contribution >= 0.6 is 0 Å². The van der Waals surface area contributed by atoms with E-state index in [1.807, 2.05) is 13.8 Å². The molecule has 1 rings (SSSR count). The molecule has 116 valence electrons. The summed E-state index contributed by atoms with van der Waals surface area (Å²) in [6.07, 6.45) is 0.287. The first-order chi connectivity index (χ1) is 9.85. The first-order valence-corrected chi connectivity index (χ1v) is 6.87. The molecule has 5 nitrogen and oxygen atoms in total. The van der Waals surface area contributed by atoms with Crippen molar-refractivity contribution in [1.29, 1.82) is 0 Å². The summed E-state index contributed by atoms with van der Waals surface area (Å²) in [7, 11) is 0. The molecule has 0 atom stereocenters. The Balaban J connectivity index is 2.93. The summed E-state index contributed by atoms with van der Waals surface area (Å²) in [5.41, 5.74) is 6.52. The van der Waals surface area contributed by atoms with Crippen LogP contribution in [0.3, 0.4) is 0 Å². The molecule has 0 aliphatic carbocycles. The average Bonchev–Trinajstić information content (AvgIpc) is 2.42. The van der Waals surface area contributed by atoms with Gasteiger partial charge < -0.3 is 15.8 Å². The van der Waals surface area contributed by atoms with Crippen LogP contribution < -0.4 is 5.73 Å². The number of halogens is 1. The Bertz CT molecular complexity index is 530.